The summed E-state index contributed by atoms with van der Waals surface area (Å²) < 4.78 is 11.8. The topological polar surface area (TPSA) is 181 Å². The van der Waals surface area contributed by atoms with Crippen molar-refractivity contribution in [3.8, 4) is 148 Å². The van der Waals surface area contributed by atoms with E-state index in [-0.39, 0.29) is 23.7 Å². The fourth-order valence-corrected chi connectivity index (χ4v) is 18.7. The van der Waals surface area contributed by atoms with Gasteiger partial charge in [0.1, 0.15) is 17.4 Å². The smallest absolute Gasteiger partial charge is 0.167 e. The molecule has 27 rings (SSSR count). The SMILES string of the molecule is c1ccc(-c2nc(-c3ccccc3)nc(-c3ccc4c(c3)C3c5ccccc5C4c4cc(-c5nc(-c6ccccc6)nc(-c6ccc(-c7coc8ccccc78)cc6)n5)ccc43)n2)cc1.c1ccc(-c2nc(-c3ccccc3)nc(-c3ccc4c(c3)C3c5ccccc5C4c4cc(-c5nc(-c6ccccc6)nc(-c6coc7ccccc67)n5)ccc43)n2)cc1. The van der Waals surface area contributed by atoms with E-state index in [1.54, 1.807) is 6.26 Å². The van der Waals surface area contributed by atoms with Crippen LogP contribution in [0.2, 0.25) is 0 Å². The van der Waals surface area contributed by atoms with Crippen LogP contribution in [-0.2, 0) is 0 Å². The normalized spacial score (nSPS) is 14.6. The van der Waals surface area contributed by atoms with Crippen molar-refractivity contribution in [2.45, 2.75) is 23.7 Å². The Morgan fingerprint density at radius 2 is 0.339 bits per heavy atom. The van der Waals surface area contributed by atoms with E-state index in [2.05, 4.69) is 152 Å². The van der Waals surface area contributed by atoms with Gasteiger partial charge in [-0.15, -0.1) is 0 Å². The Kier molecular flexibility index (Phi) is 17.2. The number of benzene rings is 15. The summed E-state index contributed by atoms with van der Waals surface area (Å²) in [5, 5.41) is 2.04. The number of aromatic nitrogens is 12. The van der Waals surface area contributed by atoms with Gasteiger partial charge in [-0.1, -0.05) is 340 Å². The summed E-state index contributed by atoms with van der Waals surface area (Å²) in [4.78, 5) is 60.8. The van der Waals surface area contributed by atoms with Crippen molar-refractivity contribution < 1.29 is 8.83 Å². The lowest BCUT2D eigenvalue weighted by Gasteiger charge is -2.42. The average Bonchev–Trinajstić information content (AvgIpc) is 1.23. The van der Waals surface area contributed by atoms with Crippen molar-refractivity contribution in [1.82, 2.24) is 59.8 Å². The average molecular weight is 1590 g/mol. The van der Waals surface area contributed by atoms with Gasteiger partial charge in [-0.05, 0) is 109 Å². The molecule has 0 amide bonds. The van der Waals surface area contributed by atoms with Crippen molar-refractivity contribution in [1.29, 1.82) is 0 Å². The molecule has 6 heterocycles. The number of fused-ring (bicyclic) bond motifs is 2. The molecule has 15 aromatic carbocycles. The zero-order chi connectivity index (χ0) is 81.7. The summed E-state index contributed by atoms with van der Waals surface area (Å²) >= 11 is 0. The molecule has 124 heavy (non-hydrogen) atoms. The Labute approximate surface area is 712 Å². The highest BCUT2D eigenvalue weighted by Crippen LogP contribution is 2.59. The molecule has 0 saturated carbocycles. The second kappa shape index (κ2) is 29.7. The highest BCUT2D eigenvalue weighted by molar-refractivity contribution is 5.95. The highest BCUT2D eigenvalue weighted by atomic mass is 16.3. The summed E-state index contributed by atoms with van der Waals surface area (Å²) in [6.45, 7) is 0. The Balaban J connectivity index is 0.000000140. The largest absolute Gasteiger partial charge is 0.464 e. The highest BCUT2D eigenvalue weighted by Gasteiger charge is 2.44. The molecule has 6 aliphatic carbocycles. The van der Waals surface area contributed by atoms with Gasteiger partial charge in [-0.25, -0.2) is 59.8 Å². The lowest BCUT2D eigenvalue weighted by molar-refractivity contribution is 0.616. The molecule has 14 heteroatoms. The predicted octanol–water partition coefficient (Wildman–Crippen LogP) is 25.3. The summed E-state index contributed by atoms with van der Waals surface area (Å²) in [5.41, 5.74) is 30.5. The minimum absolute atomic E-state index is 0.0229. The molecule has 0 aliphatic heterocycles. The van der Waals surface area contributed by atoms with Crippen molar-refractivity contribution >= 4 is 21.9 Å². The zero-order valence-corrected chi connectivity index (χ0v) is 66.4. The maximum absolute atomic E-state index is 5.95. The second-order valence-corrected chi connectivity index (χ2v) is 31.7. The van der Waals surface area contributed by atoms with E-state index in [0.29, 0.717) is 69.9 Å². The van der Waals surface area contributed by atoms with E-state index in [1.165, 1.54) is 66.8 Å². The van der Waals surface area contributed by atoms with Crippen LogP contribution in [0.5, 0.6) is 0 Å². The molecule has 0 fully saturated rings. The first-order valence-corrected chi connectivity index (χ1v) is 41.6. The van der Waals surface area contributed by atoms with Crippen LogP contribution in [0, 0.1) is 0 Å². The molecular weight excluding hydrogens is 1520 g/mol. The molecular formula is C110H68N12O2. The fraction of sp³-hybridized carbons (Fsp3) is 0.0364. The monoisotopic (exact) mass is 1590 g/mol. The molecule has 0 spiro atoms. The first-order valence-electron chi connectivity index (χ1n) is 41.6. The Bertz CT molecular complexity index is 7650. The number of furan rings is 2. The molecule has 14 nitrogen and oxygen atoms in total. The van der Waals surface area contributed by atoms with Crippen LogP contribution < -0.4 is 0 Å². The number of nitrogens with zero attached hydrogens (tertiary/aromatic N) is 12. The van der Waals surface area contributed by atoms with E-state index in [0.717, 1.165) is 99.8 Å². The first kappa shape index (κ1) is 71.5. The third-order valence-corrected chi connectivity index (χ3v) is 24.5. The van der Waals surface area contributed by atoms with Gasteiger partial charge in [0.05, 0.1) is 11.8 Å². The van der Waals surface area contributed by atoms with Crippen LogP contribution in [0.15, 0.2) is 397 Å². The van der Waals surface area contributed by atoms with E-state index in [1.807, 2.05) is 231 Å². The number of hydrogen-bond acceptors (Lipinski definition) is 14. The van der Waals surface area contributed by atoms with Gasteiger partial charge in [-0.2, -0.15) is 0 Å². The molecule has 580 valence electrons. The lowest BCUT2D eigenvalue weighted by atomic mass is 9.61. The van der Waals surface area contributed by atoms with Crippen LogP contribution in [0.1, 0.15) is 90.4 Å². The Morgan fingerprint density at radius 3 is 0.621 bits per heavy atom. The first-order chi connectivity index (χ1) is 61.4. The zero-order valence-electron chi connectivity index (χ0n) is 66.4. The number of para-hydroxylation sites is 2. The van der Waals surface area contributed by atoms with Crippen molar-refractivity contribution in [3.05, 3.63) is 455 Å². The van der Waals surface area contributed by atoms with Gasteiger partial charge in [0.15, 0.2) is 69.9 Å². The van der Waals surface area contributed by atoms with Crippen LogP contribution in [0.25, 0.3) is 170 Å². The van der Waals surface area contributed by atoms with Crippen LogP contribution >= 0.6 is 0 Å². The van der Waals surface area contributed by atoms with Crippen molar-refractivity contribution in [2.75, 3.05) is 0 Å². The maximum atomic E-state index is 5.95. The quantitative estimate of drug-likeness (QED) is 0.106. The lowest BCUT2D eigenvalue weighted by Crippen LogP contribution is -2.27. The second-order valence-electron chi connectivity index (χ2n) is 31.7. The standard InChI is InChI=1S/C58H36N6O.C52H32N6O/c1-4-14-36(15-5-1)53-59-54(37-16-6-2-7-17-37)62-57(61-53)40-28-30-45-47(32-40)51-43-21-10-11-22-44(43)52(45)48-33-41(29-31-46(48)51)58-63-55(38-18-8-3-9-19-38)60-56(64-58)39-26-24-35(25-27-39)49-34-65-50-23-13-12-20-42(49)50;1-4-14-31(15-5-1)47-53-48(32-16-6-2-7-17-32)55-50(54-47)34-24-26-39-41(28-34)45-37-21-10-11-22-38(37)46(39)42-29-35(25-27-40(42)45)51-56-49(33-18-8-3-9-19-33)57-52(58-51)43-30-59-44-23-13-12-20-36(43)44/h1-34,51-52H;1-30,45-46H. The van der Waals surface area contributed by atoms with Gasteiger partial charge >= 0.3 is 0 Å². The van der Waals surface area contributed by atoms with Gasteiger partial charge in [0, 0.05) is 101 Å². The minimum Gasteiger partial charge on any atom is -0.464 e. The Hall–Kier alpha value is -16.6. The number of rotatable bonds is 13. The molecule has 0 radical (unpaired) electrons. The van der Waals surface area contributed by atoms with E-state index >= 15 is 0 Å². The molecule has 0 saturated heterocycles. The molecule has 6 aliphatic rings. The third kappa shape index (κ3) is 12.5. The summed E-state index contributed by atoms with van der Waals surface area (Å²) in [5.74, 6) is 7.67. The molecule has 21 aromatic rings. The van der Waals surface area contributed by atoms with Crippen LogP contribution in [-0.4, -0.2) is 59.8 Å². The van der Waals surface area contributed by atoms with Gasteiger partial charge in [0.2, 0.25) is 0 Å². The number of hydrogen-bond donors (Lipinski definition) is 0. The van der Waals surface area contributed by atoms with Crippen LogP contribution in [0.4, 0.5) is 0 Å². The fourth-order valence-electron chi connectivity index (χ4n) is 18.7. The molecule has 4 unspecified atom stereocenters. The van der Waals surface area contributed by atoms with E-state index in [9.17, 15) is 0 Å². The summed E-state index contributed by atoms with van der Waals surface area (Å²) in [6, 6.07) is 130. The molecule has 6 aromatic heterocycles. The molecule has 0 N–H and O–H groups in total. The van der Waals surface area contributed by atoms with E-state index in [4.69, 9.17) is 68.6 Å². The molecule has 4 atom stereocenters. The minimum atomic E-state index is 0.0229. The van der Waals surface area contributed by atoms with Crippen molar-refractivity contribution in [3.63, 3.8) is 0 Å². The van der Waals surface area contributed by atoms with Crippen molar-refractivity contribution in [2.24, 2.45) is 0 Å². The predicted molar refractivity (Wildman–Crippen MR) is 486 cm³/mol. The summed E-state index contributed by atoms with van der Waals surface area (Å²) in [6.07, 6.45) is 3.57. The van der Waals surface area contributed by atoms with Gasteiger partial charge in [-0.3, -0.25) is 0 Å². The Morgan fingerprint density at radius 1 is 0.145 bits per heavy atom. The van der Waals surface area contributed by atoms with Gasteiger partial charge in [0.25, 0.3) is 0 Å². The maximum Gasteiger partial charge on any atom is 0.167 e. The van der Waals surface area contributed by atoms with Gasteiger partial charge < -0.3 is 8.83 Å². The van der Waals surface area contributed by atoms with Crippen LogP contribution in [0.3, 0.4) is 0 Å². The van der Waals surface area contributed by atoms with E-state index < -0.39 is 0 Å². The third-order valence-electron chi connectivity index (χ3n) is 24.5. The summed E-state index contributed by atoms with van der Waals surface area (Å²) in [7, 11) is 0. The molecule has 4 bridgehead atoms.